The van der Waals surface area contributed by atoms with Crippen molar-refractivity contribution in [2.24, 2.45) is 17.3 Å². The van der Waals surface area contributed by atoms with E-state index in [1.807, 2.05) is 13.8 Å². The quantitative estimate of drug-likeness (QED) is 0.682. The fourth-order valence-corrected chi connectivity index (χ4v) is 2.64. The van der Waals surface area contributed by atoms with Gasteiger partial charge >= 0.3 is 5.97 Å². The normalized spacial score (nSPS) is 32.2. The van der Waals surface area contributed by atoms with Gasteiger partial charge in [-0.3, -0.25) is 9.59 Å². The fourth-order valence-electron chi connectivity index (χ4n) is 2.64. The Morgan fingerprint density at radius 2 is 1.81 bits per heavy atom. The van der Waals surface area contributed by atoms with Crippen molar-refractivity contribution < 1.29 is 14.7 Å². The number of nitrogens with zero attached hydrogens (tertiary/aromatic N) is 1. The summed E-state index contributed by atoms with van der Waals surface area (Å²) >= 11 is 0. The molecule has 1 aliphatic carbocycles. The Morgan fingerprint density at radius 1 is 1.25 bits per heavy atom. The average Bonchev–Trinajstić information content (AvgIpc) is 2.82. The van der Waals surface area contributed by atoms with Gasteiger partial charge in [0.15, 0.2) is 0 Å². The lowest BCUT2D eigenvalue weighted by Gasteiger charge is -2.28. The molecule has 16 heavy (non-hydrogen) atoms. The minimum Gasteiger partial charge on any atom is -0.481 e. The van der Waals surface area contributed by atoms with Crippen molar-refractivity contribution in [1.82, 2.24) is 10.2 Å². The van der Waals surface area contributed by atoms with E-state index in [9.17, 15) is 9.59 Å². The molecule has 1 saturated carbocycles. The van der Waals surface area contributed by atoms with Crippen LogP contribution in [0.1, 0.15) is 13.8 Å². The molecule has 2 aliphatic rings. The standard InChI is InChI=1S/C11H18N2O3/c1-11(2)7(8(11)10(15)16)9(14)13-5-3-12-4-6-13/h7-8,12H,3-6H2,1-2H3,(H,15,16)/t7-,8+/m1/s1. The second-order valence-electron chi connectivity index (χ2n) is 5.19. The summed E-state index contributed by atoms with van der Waals surface area (Å²) in [6.07, 6.45) is 0. The number of nitrogens with one attached hydrogen (secondary N) is 1. The Labute approximate surface area is 94.8 Å². The highest BCUT2D eigenvalue weighted by Crippen LogP contribution is 2.58. The Morgan fingerprint density at radius 3 is 2.25 bits per heavy atom. The Balaban J connectivity index is 2.03. The van der Waals surface area contributed by atoms with E-state index in [0.717, 1.165) is 13.1 Å². The molecule has 0 aromatic rings. The van der Waals surface area contributed by atoms with E-state index in [-0.39, 0.29) is 17.2 Å². The smallest absolute Gasteiger partial charge is 0.307 e. The van der Waals surface area contributed by atoms with Gasteiger partial charge in [-0.15, -0.1) is 0 Å². The number of carboxylic acids is 1. The summed E-state index contributed by atoms with van der Waals surface area (Å²) in [5, 5.41) is 12.2. The number of piperazine rings is 1. The highest BCUT2D eigenvalue weighted by molar-refractivity contribution is 5.91. The SMILES string of the molecule is CC1(C)[C@H](C(=O)O)[C@@H]1C(=O)N1CCNCC1. The molecule has 2 rings (SSSR count). The van der Waals surface area contributed by atoms with Crippen LogP contribution in [0, 0.1) is 17.3 Å². The Bertz CT molecular complexity index is 321. The van der Waals surface area contributed by atoms with E-state index in [1.54, 1.807) is 4.90 Å². The van der Waals surface area contributed by atoms with Gasteiger partial charge in [0.2, 0.25) is 5.91 Å². The minimum absolute atomic E-state index is 0.0129. The molecular weight excluding hydrogens is 208 g/mol. The number of carbonyl (C=O) groups is 2. The first-order valence-corrected chi connectivity index (χ1v) is 5.68. The van der Waals surface area contributed by atoms with E-state index in [1.165, 1.54) is 0 Å². The molecule has 1 amide bonds. The number of hydrogen-bond acceptors (Lipinski definition) is 3. The molecule has 5 nitrogen and oxygen atoms in total. The van der Waals surface area contributed by atoms with Gasteiger partial charge in [0.25, 0.3) is 0 Å². The molecule has 1 saturated heterocycles. The molecule has 0 radical (unpaired) electrons. The molecular formula is C11H18N2O3. The van der Waals surface area contributed by atoms with Crippen LogP contribution in [0.5, 0.6) is 0 Å². The van der Waals surface area contributed by atoms with Gasteiger partial charge < -0.3 is 15.3 Å². The molecule has 2 fully saturated rings. The maximum atomic E-state index is 12.1. The van der Waals surface area contributed by atoms with Gasteiger partial charge in [-0.25, -0.2) is 0 Å². The Kier molecular flexibility index (Phi) is 2.66. The summed E-state index contributed by atoms with van der Waals surface area (Å²) in [4.78, 5) is 24.9. The van der Waals surface area contributed by atoms with Crippen LogP contribution in [0.15, 0.2) is 0 Å². The topological polar surface area (TPSA) is 69.6 Å². The largest absolute Gasteiger partial charge is 0.481 e. The molecule has 0 spiro atoms. The maximum Gasteiger partial charge on any atom is 0.307 e. The van der Waals surface area contributed by atoms with Crippen molar-refractivity contribution in [2.75, 3.05) is 26.2 Å². The first-order valence-electron chi connectivity index (χ1n) is 5.68. The predicted molar refractivity (Wildman–Crippen MR) is 57.8 cm³/mol. The zero-order valence-corrected chi connectivity index (χ0v) is 9.69. The summed E-state index contributed by atoms with van der Waals surface area (Å²) in [5.74, 6) is -1.67. The van der Waals surface area contributed by atoms with Crippen LogP contribution < -0.4 is 5.32 Å². The zero-order valence-electron chi connectivity index (χ0n) is 9.69. The molecule has 0 bridgehead atoms. The van der Waals surface area contributed by atoms with Crippen molar-refractivity contribution >= 4 is 11.9 Å². The van der Waals surface area contributed by atoms with Gasteiger partial charge in [-0.05, 0) is 5.41 Å². The first kappa shape index (κ1) is 11.4. The average molecular weight is 226 g/mol. The number of hydrogen-bond donors (Lipinski definition) is 2. The number of amides is 1. The molecule has 0 aromatic heterocycles. The predicted octanol–water partition coefficient (Wildman–Crippen LogP) is -0.225. The third kappa shape index (κ3) is 1.69. The summed E-state index contributed by atoms with van der Waals surface area (Å²) in [6.45, 7) is 6.70. The van der Waals surface area contributed by atoms with Crippen LogP contribution in [0.4, 0.5) is 0 Å². The fraction of sp³-hybridized carbons (Fsp3) is 0.818. The minimum atomic E-state index is -0.849. The van der Waals surface area contributed by atoms with Gasteiger partial charge in [-0.1, -0.05) is 13.8 Å². The second-order valence-corrected chi connectivity index (χ2v) is 5.19. The van der Waals surface area contributed by atoms with Crippen LogP contribution in [-0.4, -0.2) is 48.1 Å². The molecule has 5 heteroatoms. The molecule has 2 atom stereocenters. The zero-order chi connectivity index (χ0) is 11.9. The summed E-state index contributed by atoms with van der Waals surface area (Å²) in [7, 11) is 0. The lowest BCUT2D eigenvalue weighted by Crippen LogP contribution is -2.47. The summed E-state index contributed by atoms with van der Waals surface area (Å²) < 4.78 is 0. The molecule has 0 aromatic carbocycles. The second kappa shape index (κ2) is 3.73. The van der Waals surface area contributed by atoms with Gasteiger partial charge in [0.05, 0.1) is 11.8 Å². The van der Waals surface area contributed by atoms with Crippen molar-refractivity contribution in [3.05, 3.63) is 0 Å². The van der Waals surface area contributed by atoms with E-state index in [4.69, 9.17) is 5.11 Å². The number of carboxylic acid groups (broad SMARTS) is 1. The maximum absolute atomic E-state index is 12.1. The van der Waals surface area contributed by atoms with E-state index in [0.29, 0.717) is 13.1 Å². The van der Waals surface area contributed by atoms with Gasteiger partial charge in [0.1, 0.15) is 0 Å². The number of carbonyl (C=O) groups excluding carboxylic acids is 1. The van der Waals surface area contributed by atoms with Crippen LogP contribution in [0.2, 0.25) is 0 Å². The van der Waals surface area contributed by atoms with Gasteiger partial charge in [-0.2, -0.15) is 0 Å². The van der Waals surface area contributed by atoms with Crippen LogP contribution >= 0.6 is 0 Å². The highest BCUT2D eigenvalue weighted by atomic mass is 16.4. The Hall–Kier alpha value is -1.10. The van der Waals surface area contributed by atoms with Crippen LogP contribution in [0.25, 0.3) is 0 Å². The lowest BCUT2D eigenvalue weighted by atomic mass is 10.1. The molecule has 90 valence electrons. The summed E-state index contributed by atoms with van der Waals surface area (Å²) in [5.41, 5.74) is -0.381. The van der Waals surface area contributed by atoms with E-state index in [2.05, 4.69) is 5.32 Å². The molecule has 2 N–H and O–H groups in total. The van der Waals surface area contributed by atoms with Gasteiger partial charge in [0, 0.05) is 26.2 Å². The summed E-state index contributed by atoms with van der Waals surface area (Å²) in [6, 6.07) is 0. The lowest BCUT2D eigenvalue weighted by molar-refractivity contribution is -0.142. The van der Waals surface area contributed by atoms with Crippen LogP contribution in [0.3, 0.4) is 0 Å². The number of aliphatic carboxylic acids is 1. The van der Waals surface area contributed by atoms with Crippen molar-refractivity contribution in [1.29, 1.82) is 0 Å². The third-order valence-electron chi connectivity index (χ3n) is 3.79. The third-order valence-corrected chi connectivity index (χ3v) is 3.79. The number of rotatable bonds is 2. The highest BCUT2D eigenvalue weighted by Gasteiger charge is 2.66. The van der Waals surface area contributed by atoms with Crippen molar-refractivity contribution in [2.45, 2.75) is 13.8 Å². The van der Waals surface area contributed by atoms with E-state index < -0.39 is 11.9 Å². The molecule has 1 heterocycles. The molecule has 1 aliphatic heterocycles. The molecule has 0 unspecified atom stereocenters. The monoisotopic (exact) mass is 226 g/mol. The van der Waals surface area contributed by atoms with Crippen molar-refractivity contribution in [3.63, 3.8) is 0 Å². The van der Waals surface area contributed by atoms with Crippen LogP contribution in [-0.2, 0) is 9.59 Å². The van der Waals surface area contributed by atoms with E-state index >= 15 is 0 Å². The van der Waals surface area contributed by atoms with Crippen molar-refractivity contribution in [3.8, 4) is 0 Å². The first-order chi connectivity index (χ1) is 7.46.